The van der Waals surface area contributed by atoms with Crippen LogP contribution in [0.2, 0.25) is 0 Å². The molecule has 0 saturated heterocycles. The first-order valence-electron chi connectivity index (χ1n) is 3.90. The van der Waals surface area contributed by atoms with Gasteiger partial charge in [-0.05, 0) is 0 Å². The van der Waals surface area contributed by atoms with E-state index >= 15 is 0 Å². The lowest BCUT2D eigenvalue weighted by atomic mass is 10.4. The monoisotopic (exact) mass is 238 g/mol. The van der Waals surface area contributed by atoms with E-state index in [2.05, 4.69) is 5.10 Å². The van der Waals surface area contributed by atoms with Gasteiger partial charge >= 0.3 is 0 Å². The van der Waals surface area contributed by atoms with E-state index < -0.39 is 15.9 Å². The van der Waals surface area contributed by atoms with Crippen molar-refractivity contribution in [1.29, 1.82) is 0 Å². The first-order valence-corrected chi connectivity index (χ1v) is 6.32. The molecule has 1 N–H and O–H groups in total. The van der Waals surface area contributed by atoms with E-state index in [9.17, 15) is 13.5 Å². The maximum atomic E-state index is 11.1. The summed E-state index contributed by atoms with van der Waals surface area (Å²) >= 11 is 5.39. The highest BCUT2D eigenvalue weighted by Gasteiger charge is 2.11. The molecule has 0 aliphatic carbocycles. The van der Waals surface area contributed by atoms with Crippen LogP contribution in [0.4, 0.5) is 0 Å². The number of aromatic nitrogens is 2. The Labute approximate surface area is 87.2 Å². The minimum absolute atomic E-state index is 0.0913. The Morgan fingerprint density at radius 2 is 2.36 bits per heavy atom. The van der Waals surface area contributed by atoms with Gasteiger partial charge in [-0.2, -0.15) is 5.10 Å². The molecule has 80 valence electrons. The number of rotatable bonds is 4. The van der Waals surface area contributed by atoms with Gasteiger partial charge in [0, 0.05) is 12.5 Å². The first-order chi connectivity index (χ1) is 6.43. The van der Waals surface area contributed by atoms with Gasteiger partial charge in [-0.3, -0.25) is 4.68 Å². The summed E-state index contributed by atoms with van der Waals surface area (Å²) < 4.78 is 23.5. The highest BCUT2D eigenvalue weighted by atomic mass is 35.5. The number of hydrogen-bond donors (Lipinski definition) is 1. The molecule has 0 saturated carbocycles. The smallest absolute Gasteiger partial charge is 0.178 e. The van der Waals surface area contributed by atoms with Crippen molar-refractivity contribution < 1.29 is 13.5 Å². The Morgan fingerprint density at radius 1 is 1.71 bits per heavy atom. The summed E-state index contributed by atoms with van der Waals surface area (Å²) in [5.41, 5.74) is 0. The molecule has 14 heavy (non-hydrogen) atoms. The summed E-state index contributed by atoms with van der Waals surface area (Å²) in [5.74, 6) is 0.0913. The van der Waals surface area contributed by atoms with Crippen LogP contribution in [0.5, 0.6) is 0 Å². The van der Waals surface area contributed by atoms with E-state index in [1.54, 1.807) is 0 Å². The summed E-state index contributed by atoms with van der Waals surface area (Å²) in [4.78, 5) is 0.138. The molecule has 1 aromatic heterocycles. The number of alkyl halides is 1. The molecule has 0 aromatic carbocycles. The molecule has 7 heteroatoms. The van der Waals surface area contributed by atoms with Crippen molar-refractivity contribution in [2.75, 3.05) is 12.1 Å². The number of halogens is 1. The van der Waals surface area contributed by atoms with Gasteiger partial charge < -0.3 is 5.11 Å². The molecule has 0 fully saturated rings. The van der Waals surface area contributed by atoms with Crippen LogP contribution in [-0.2, 0) is 16.4 Å². The standard InChI is InChI=1S/C7H11ClN2O3S/c1-14(12,13)7-3-9-10(5-7)4-6(11)2-8/h3,5-6,11H,2,4H2,1H3. The molecule has 5 nitrogen and oxygen atoms in total. The van der Waals surface area contributed by atoms with Crippen molar-refractivity contribution >= 4 is 21.4 Å². The highest BCUT2D eigenvalue weighted by Crippen LogP contribution is 2.06. The van der Waals surface area contributed by atoms with E-state index in [-0.39, 0.29) is 17.3 Å². The third-order valence-electron chi connectivity index (χ3n) is 1.61. The highest BCUT2D eigenvalue weighted by molar-refractivity contribution is 7.90. The van der Waals surface area contributed by atoms with E-state index in [1.807, 2.05) is 0 Å². The fourth-order valence-corrected chi connectivity index (χ4v) is 1.55. The number of nitrogens with zero attached hydrogens (tertiary/aromatic N) is 2. The fraction of sp³-hybridized carbons (Fsp3) is 0.571. The Hall–Kier alpha value is -0.590. The number of aliphatic hydroxyl groups excluding tert-OH is 1. The maximum absolute atomic E-state index is 11.1. The SMILES string of the molecule is CS(=O)(=O)c1cnn(CC(O)CCl)c1. The average Bonchev–Trinajstić information content (AvgIpc) is 2.51. The van der Waals surface area contributed by atoms with E-state index in [0.717, 1.165) is 6.26 Å². The quantitative estimate of drug-likeness (QED) is 0.743. The van der Waals surface area contributed by atoms with Crippen LogP contribution >= 0.6 is 11.6 Å². The predicted molar refractivity (Wildman–Crippen MR) is 52.1 cm³/mol. The Balaban J connectivity index is 2.79. The second kappa shape index (κ2) is 4.29. The molecule has 1 rings (SSSR count). The second-order valence-corrected chi connectivity index (χ2v) is 5.30. The van der Waals surface area contributed by atoms with Crippen molar-refractivity contribution in [2.45, 2.75) is 17.5 Å². The van der Waals surface area contributed by atoms with Gasteiger partial charge in [0.15, 0.2) is 9.84 Å². The van der Waals surface area contributed by atoms with Crippen LogP contribution in [-0.4, -0.2) is 41.5 Å². The maximum Gasteiger partial charge on any atom is 0.178 e. The van der Waals surface area contributed by atoms with Gasteiger partial charge in [-0.15, -0.1) is 11.6 Å². The van der Waals surface area contributed by atoms with Gasteiger partial charge in [0.25, 0.3) is 0 Å². The lowest BCUT2D eigenvalue weighted by Crippen LogP contribution is -2.17. The second-order valence-electron chi connectivity index (χ2n) is 2.98. The fourth-order valence-electron chi connectivity index (χ4n) is 0.901. The summed E-state index contributed by atoms with van der Waals surface area (Å²) in [6, 6.07) is 0. The van der Waals surface area contributed by atoms with Crippen LogP contribution < -0.4 is 0 Å². The third-order valence-corrected chi connectivity index (χ3v) is 3.04. The predicted octanol–water partition coefficient (Wildman–Crippen LogP) is -0.114. The van der Waals surface area contributed by atoms with Crippen LogP contribution in [0.15, 0.2) is 17.3 Å². The first kappa shape index (κ1) is 11.5. The molecule has 1 aromatic rings. The summed E-state index contributed by atoms with van der Waals surface area (Å²) in [6.07, 6.45) is 3.00. The lowest BCUT2D eigenvalue weighted by molar-refractivity contribution is 0.171. The van der Waals surface area contributed by atoms with E-state index in [0.29, 0.717) is 0 Å². The molecule has 0 bridgehead atoms. The van der Waals surface area contributed by atoms with Crippen LogP contribution in [0, 0.1) is 0 Å². The van der Waals surface area contributed by atoms with Crippen LogP contribution in [0.25, 0.3) is 0 Å². The van der Waals surface area contributed by atoms with Gasteiger partial charge in [-0.25, -0.2) is 8.42 Å². The summed E-state index contributed by atoms with van der Waals surface area (Å²) in [6.45, 7) is 0.193. The summed E-state index contributed by atoms with van der Waals surface area (Å²) in [5, 5.41) is 13.0. The third kappa shape index (κ3) is 2.97. The molecule has 1 unspecified atom stereocenters. The van der Waals surface area contributed by atoms with E-state index in [4.69, 9.17) is 11.6 Å². The average molecular weight is 239 g/mol. The molecule has 0 amide bonds. The molecular weight excluding hydrogens is 228 g/mol. The van der Waals surface area contributed by atoms with Crippen LogP contribution in [0.3, 0.4) is 0 Å². The number of aliphatic hydroxyl groups is 1. The van der Waals surface area contributed by atoms with Gasteiger partial charge in [-0.1, -0.05) is 0 Å². The zero-order valence-corrected chi connectivity index (χ0v) is 9.16. The van der Waals surface area contributed by atoms with Crippen molar-refractivity contribution in [1.82, 2.24) is 9.78 Å². The normalized spacial score (nSPS) is 14.2. The number of sulfone groups is 1. The summed E-state index contributed by atoms with van der Waals surface area (Å²) in [7, 11) is -3.22. The molecule has 0 aliphatic heterocycles. The Bertz CT molecular complexity index is 401. The van der Waals surface area contributed by atoms with Gasteiger partial charge in [0.2, 0.25) is 0 Å². The van der Waals surface area contributed by atoms with Crippen molar-refractivity contribution in [3.8, 4) is 0 Å². The minimum atomic E-state index is -3.22. The van der Waals surface area contributed by atoms with E-state index in [1.165, 1.54) is 17.1 Å². The molecule has 1 heterocycles. The molecule has 0 spiro atoms. The molecule has 0 radical (unpaired) electrons. The minimum Gasteiger partial charge on any atom is -0.390 e. The zero-order chi connectivity index (χ0) is 10.8. The Kier molecular flexibility index (Phi) is 3.52. The lowest BCUT2D eigenvalue weighted by Gasteiger charge is -2.05. The number of hydrogen-bond acceptors (Lipinski definition) is 4. The zero-order valence-electron chi connectivity index (χ0n) is 7.59. The van der Waals surface area contributed by atoms with Crippen molar-refractivity contribution in [2.24, 2.45) is 0 Å². The van der Waals surface area contributed by atoms with Gasteiger partial charge in [0.05, 0.1) is 24.7 Å². The molecule has 1 atom stereocenters. The van der Waals surface area contributed by atoms with Crippen LogP contribution in [0.1, 0.15) is 0 Å². The van der Waals surface area contributed by atoms with Gasteiger partial charge in [0.1, 0.15) is 4.90 Å². The van der Waals surface area contributed by atoms with Crippen molar-refractivity contribution in [3.05, 3.63) is 12.4 Å². The largest absolute Gasteiger partial charge is 0.390 e. The molecular formula is C7H11ClN2O3S. The topological polar surface area (TPSA) is 72.2 Å². The Morgan fingerprint density at radius 3 is 2.79 bits per heavy atom. The van der Waals surface area contributed by atoms with Crippen molar-refractivity contribution in [3.63, 3.8) is 0 Å². The molecule has 0 aliphatic rings.